The van der Waals surface area contributed by atoms with E-state index in [0.29, 0.717) is 26.9 Å². The number of rotatable bonds is 2. The normalized spacial score (nSPS) is 19.3. The molecule has 0 atom stereocenters. The molecule has 5 nitrogen and oxygen atoms in total. The molecule has 2 heterocycles. The maximum Gasteiger partial charge on any atom is 0.272 e. The third kappa shape index (κ3) is 3.52. The Balaban J connectivity index is 1.72. The molecule has 3 aromatic carbocycles. The van der Waals surface area contributed by atoms with Crippen LogP contribution in [0, 0.1) is 0 Å². The first kappa shape index (κ1) is 21.2. The Morgan fingerprint density at radius 2 is 1.53 bits per heavy atom. The fourth-order valence-corrected chi connectivity index (χ4v) is 6.30. The monoisotopic (exact) mass is 567 g/mol. The molecule has 0 unspecified atom stereocenters. The van der Waals surface area contributed by atoms with Crippen LogP contribution in [0.25, 0.3) is 5.57 Å². The lowest BCUT2D eigenvalue weighted by atomic mass is 10.1. The molecule has 8 heteroatoms. The molecule has 1 saturated heterocycles. The van der Waals surface area contributed by atoms with Crippen LogP contribution in [-0.4, -0.2) is 24.0 Å². The van der Waals surface area contributed by atoms with E-state index in [1.165, 1.54) is 11.8 Å². The third-order valence-corrected chi connectivity index (χ3v) is 7.26. The fraction of sp³-hybridized carbons (Fsp3) is 0.0417. The fourth-order valence-electron chi connectivity index (χ4n) is 3.72. The molecule has 0 radical (unpaired) electrons. The number of aliphatic imine (C=N–C) groups is 1. The Morgan fingerprint density at radius 1 is 0.875 bits per heavy atom. The lowest BCUT2D eigenvalue weighted by Crippen LogP contribution is -2.29. The minimum Gasteiger partial charge on any atom is -0.310 e. The third-order valence-electron chi connectivity index (χ3n) is 5.16. The molecule has 0 N–H and O–H groups in total. The number of carbonyl (C=O) groups is 2. The van der Waals surface area contributed by atoms with Crippen LogP contribution >= 0.6 is 43.6 Å². The molecule has 1 fully saturated rings. The minimum atomic E-state index is -0.267. The van der Waals surface area contributed by atoms with Crippen LogP contribution in [0.2, 0.25) is 0 Å². The van der Waals surface area contributed by atoms with Crippen LogP contribution < -0.4 is 9.80 Å². The quantitative estimate of drug-likeness (QED) is 0.338. The topological polar surface area (TPSA) is 53.0 Å². The highest BCUT2D eigenvalue weighted by Gasteiger charge is 2.43. The van der Waals surface area contributed by atoms with Gasteiger partial charge in [0.2, 0.25) is 0 Å². The molecule has 5 rings (SSSR count). The number of para-hydroxylation sites is 2. The first-order valence-corrected chi connectivity index (χ1v) is 12.1. The zero-order valence-electron chi connectivity index (χ0n) is 16.8. The van der Waals surface area contributed by atoms with Crippen LogP contribution in [-0.2, 0) is 9.59 Å². The Hall–Kier alpha value is -2.68. The number of fused-ring (bicyclic) bond motifs is 1. The molecule has 2 aliphatic heterocycles. The molecule has 0 saturated carbocycles. The van der Waals surface area contributed by atoms with E-state index in [9.17, 15) is 9.59 Å². The van der Waals surface area contributed by atoms with Crippen molar-refractivity contribution in [1.82, 2.24) is 0 Å². The number of likely N-dealkylation sites (N-methyl/N-ethyl adjacent to an activating group) is 1. The highest BCUT2D eigenvalue weighted by molar-refractivity contribution is 9.11. The highest BCUT2D eigenvalue weighted by atomic mass is 79.9. The van der Waals surface area contributed by atoms with Crippen molar-refractivity contribution in [3.63, 3.8) is 0 Å². The summed E-state index contributed by atoms with van der Waals surface area (Å²) < 4.78 is 1.60. The van der Waals surface area contributed by atoms with Crippen LogP contribution in [0.5, 0.6) is 0 Å². The summed E-state index contributed by atoms with van der Waals surface area (Å²) in [5.74, 6) is -0.486. The number of thioether (sulfide) groups is 1. The second kappa shape index (κ2) is 8.35. The summed E-state index contributed by atoms with van der Waals surface area (Å²) in [7, 11) is 1.71. The predicted octanol–water partition coefficient (Wildman–Crippen LogP) is 6.37. The van der Waals surface area contributed by atoms with E-state index in [1.54, 1.807) is 16.8 Å². The van der Waals surface area contributed by atoms with Gasteiger partial charge in [-0.2, -0.15) is 0 Å². The van der Waals surface area contributed by atoms with E-state index in [2.05, 4.69) is 31.9 Å². The van der Waals surface area contributed by atoms with Gasteiger partial charge in [-0.15, -0.1) is 0 Å². The molecule has 0 spiro atoms. The van der Waals surface area contributed by atoms with Crippen molar-refractivity contribution in [1.29, 1.82) is 0 Å². The average Bonchev–Trinajstić information content (AvgIpc) is 3.22. The SMILES string of the molecule is CN1C(=O)/C(=C2\SC(=Nc3ccccc3)N(c3ccccc3)C2=O)c2cc(Br)cc(Br)c21. The summed E-state index contributed by atoms with van der Waals surface area (Å²) in [5, 5.41) is 0.507. The largest absolute Gasteiger partial charge is 0.310 e. The number of nitrogens with zero attached hydrogens (tertiary/aromatic N) is 3. The van der Waals surface area contributed by atoms with Gasteiger partial charge in [0.05, 0.1) is 27.5 Å². The molecule has 2 amide bonds. The van der Waals surface area contributed by atoms with Crippen LogP contribution in [0.1, 0.15) is 5.56 Å². The lowest BCUT2D eigenvalue weighted by Gasteiger charge is -2.15. The minimum absolute atomic E-state index is 0.219. The zero-order chi connectivity index (χ0) is 22.4. The summed E-state index contributed by atoms with van der Waals surface area (Å²) in [6.45, 7) is 0. The molecule has 3 aromatic rings. The van der Waals surface area contributed by atoms with Crippen LogP contribution in [0.15, 0.2) is 91.6 Å². The zero-order valence-corrected chi connectivity index (χ0v) is 20.7. The number of halogens is 2. The van der Waals surface area contributed by atoms with Crippen molar-refractivity contribution in [2.24, 2.45) is 4.99 Å². The molecule has 32 heavy (non-hydrogen) atoms. The smallest absolute Gasteiger partial charge is 0.272 e. The molecule has 0 bridgehead atoms. The first-order chi connectivity index (χ1) is 15.5. The van der Waals surface area contributed by atoms with Crippen molar-refractivity contribution in [3.05, 3.63) is 92.2 Å². The predicted molar refractivity (Wildman–Crippen MR) is 137 cm³/mol. The van der Waals surface area contributed by atoms with E-state index < -0.39 is 0 Å². The number of hydrogen-bond donors (Lipinski definition) is 0. The second-order valence-electron chi connectivity index (χ2n) is 7.16. The molecular formula is C24H15Br2N3O2S. The molecule has 0 aliphatic carbocycles. The van der Waals surface area contributed by atoms with Gasteiger partial charge in [-0.25, -0.2) is 4.99 Å². The van der Waals surface area contributed by atoms with E-state index in [4.69, 9.17) is 4.99 Å². The van der Waals surface area contributed by atoms with Crippen molar-refractivity contribution < 1.29 is 9.59 Å². The summed E-state index contributed by atoms with van der Waals surface area (Å²) in [6.07, 6.45) is 0. The molecule has 158 valence electrons. The Morgan fingerprint density at radius 3 is 2.22 bits per heavy atom. The Labute approximate surface area is 206 Å². The summed E-state index contributed by atoms with van der Waals surface area (Å²) in [5.41, 5.74) is 3.27. The van der Waals surface area contributed by atoms with E-state index in [0.717, 1.165) is 20.3 Å². The number of anilines is 2. The van der Waals surface area contributed by atoms with Gasteiger partial charge in [-0.05, 0) is 64.1 Å². The van der Waals surface area contributed by atoms with Gasteiger partial charge in [-0.1, -0.05) is 52.3 Å². The summed E-state index contributed by atoms with van der Waals surface area (Å²) in [6, 6.07) is 22.6. The maximum atomic E-state index is 13.7. The molecular weight excluding hydrogens is 554 g/mol. The van der Waals surface area contributed by atoms with Crippen LogP contribution in [0.3, 0.4) is 0 Å². The summed E-state index contributed by atoms with van der Waals surface area (Å²) in [4.78, 5) is 35.2. The second-order valence-corrected chi connectivity index (χ2v) is 9.91. The van der Waals surface area contributed by atoms with E-state index in [1.807, 2.05) is 72.8 Å². The first-order valence-electron chi connectivity index (χ1n) is 9.68. The number of hydrogen-bond acceptors (Lipinski definition) is 4. The van der Waals surface area contributed by atoms with Gasteiger partial charge in [0.15, 0.2) is 5.17 Å². The van der Waals surface area contributed by atoms with Gasteiger partial charge in [-0.3, -0.25) is 14.5 Å². The van der Waals surface area contributed by atoms with Gasteiger partial charge in [0, 0.05) is 21.6 Å². The van der Waals surface area contributed by atoms with Gasteiger partial charge < -0.3 is 4.90 Å². The average molecular weight is 569 g/mol. The summed E-state index contributed by atoms with van der Waals surface area (Å²) >= 11 is 8.28. The van der Waals surface area contributed by atoms with Crippen molar-refractivity contribution in [3.8, 4) is 0 Å². The number of amidine groups is 1. The Bertz CT molecular complexity index is 1320. The number of benzene rings is 3. The highest BCUT2D eigenvalue weighted by Crippen LogP contribution is 2.48. The number of carbonyl (C=O) groups excluding carboxylic acids is 2. The maximum absolute atomic E-state index is 13.7. The lowest BCUT2D eigenvalue weighted by molar-refractivity contribution is -0.115. The van der Waals surface area contributed by atoms with Crippen molar-refractivity contribution >= 4 is 83.2 Å². The van der Waals surface area contributed by atoms with Gasteiger partial charge in [0.25, 0.3) is 11.8 Å². The Kier molecular flexibility index (Phi) is 5.53. The van der Waals surface area contributed by atoms with Gasteiger partial charge in [0.1, 0.15) is 0 Å². The standard InChI is InChI=1S/C24H15Br2N3O2S/c1-28-20-17(12-14(25)13-18(20)26)19(22(28)30)21-23(31)29(16-10-6-3-7-11-16)24(32-21)27-15-8-4-2-5-9-15/h2-13H,1H3/b21-19-,27-24?. The number of amides is 2. The van der Waals surface area contributed by atoms with E-state index >= 15 is 0 Å². The molecule has 0 aromatic heterocycles. The van der Waals surface area contributed by atoms with E-state index in [-0.39, 0.29) is 11.8 Å². The van der Waals surface area contributed by atoms with Crippen LogP contribution in [0.4, 0.5) is 17.1 Å². The van der Waals surface area contributed by atoms with Crippen molar-refractivity contribution in [2.75, 3.05) is 16.8 Å². The molecule has 2 aliphatic rings. The van der Waals surface area contributed by atoms with Crippen molar-refractivity contribution in [2.45, 2.75) is 0 Å². The van der Waals surface area contributed by atoms with Gasteiger partial charge >= 0.3 is 0 Å².